The minimum absolute atomic E-state index is 0.127. The second-order valence-corrected chi connectivity index (χ2v) is 5.07. The molecule has 0 bridgehead atoms. The second kappa shape index (κ2) is 6.78. The minimum atomic E-state index is -0.287. The third-order valence-corrected chi connectivity index (χ3v) is 3.58. The number of nitriles is 1. The van der Waals surface area contributed by atoms with E-state index in [1.54, 1.807) is 11.8 Å². The van der Waals surface area contributed by atoms with Crippen molar-refractivity contribution in [2.24, 2.45) is 0 Å². The number of nitrogens with one attached hydrogen (secondary N) is 1. The lowest BCUT2D eigenvalue weighted by atomic mass is 10.1. The number of amides is 1. The van der Waals surface area contributed by atoms with Crippen LogP contribution in [0.4, 0.5) is 5.69 Å². The van der Waals surface area contributed by atoms with Crippen LogP contribution in [-0.4, -0.2) is 12.2 Å². The van der Waals surface area contributed by atoms with Gasteiger partial charge in [0.2, 0.25) is 5.91 Å². The van der Waals surface area contributed by atoms with Crippen LogP contribution in [-0.2, 0) is 4.79 Å². The Morgan fingerprint density at radius 2 is 1.65 bits per heavy atom. The molecule has 0 fully saturated rings. The van der Waals surface area contributed by atoms with Gasteiger partial charge in [0.25, 0.3) is 0 Å². The maximum absolute atomic E-state index is 11.3. The van der Waals surface area contributed by atoms with Crippen LogP contribution in [0.25, 0.3) is 11.1 Å². The summed E-state index contributed by atoms with van der Waals surface area (Å²) in [5.74, 6) is -0.287. The minimum Gasteiger partial charge on any atom is -0.325 e. The van der Waals surface area contributed by atoms with E-state index in [-0.39, 0.29) is 12.3 Å². The molecule has 0 spiro atoms. The average Bonchev–Trinajstić information content (AvgIpc) is 2.48. The Bertz CT molecular complexity index is 627. The topological polar surface area (TPSA) is 52.9 Å². The van der Waals surface area contributed by atoms with Crippen molar-refractivity contribution in [2.75, 3.05) is 11.6 Å². The molecule has 3 nitrogen and oxygen atoms in total. The standard InChI is InChI=1S/C16H14N2OS/c1-20-15-8-4-13(5-9-15)12-2-6-14(7-3-12)18-16(19)10-11-17/h2-9H,10H2,1H3,(H,18,19). The Morgan fingerprint density at radius 3 is 2.15 bits per heavy atom. The zero-order chi connectivity index (χ0) is 14.4. The van der Waals surface area contributed by atoms with Crippen molar-refractivity contribution < 1.29 is 4.79 Å². The van der Waals surface area contributed by atoms with Gasteiger partial charge >= 0.3 is 0 Å². The summed E-state index contributed by atoms with van der Waals surface area (Å²) in [6.45, 7) is 0. The molecule has 2 aromatic rings. The van der Waals surface area contributed by atoms with Gasteiger partial charge in [0.15, 0.2) is 0 Å². The van der Waals surface area contributed by atoms with E-state index < -0.39 is 0 Å². The van der Waals surface area contributed by atoms with Crippen LogP contribution < -0.4 is 5.32 Å². The first kappa shape index (κ1) is 14.2. The summed E-state index contributed by atoms with van der Waals surface area (Å²) in [5, 5.41) is 11.1. The van der Waals surface area contributed by atoms with Crippen LogP contribution in [0.1, 0.15) is 6.42 Å². The fourth-order valence-corrected chi connectivity index (χ4v) is 2.21. The van der Waals surface area contributed by atoms with Gasteiger partial charge in [-0.2, -0.15) is 5.26 Å². The van der Waals surface area contributed by atoms with E-state index in [0.29, 0.717) is 5.69 Å². The molecule has 0 saturated heterocycles. The van der Waals surface area contributed by atoms with Crippen molar-refractivity contribution in [3.63, 3.8) is 0 Å². The number of hydrogen-bond acceptors (Lipinski definition) is 3. The molecule has 0 heterocycles. The predicted octanol–water partition coefficient (Wildman–Crippen LogP) is 3.93. The number of benzene rings is 2. The normalized spacial score (nSPS) is 9.80. The molecule has 2 aromatic carbocycles. The first-order valence-electron chi connectivity index (χ1n) is 6.14. The van der Waals surface area contributed by atoms with Gasteiger partial charge in [-0.05, 0) is 41.6 Å². The summed E-state index contributed by atoms with van der Waals surface area (Å²) in [4.78, 5) is 12.5. The van der Waals surface area contributed by atoms with Gasteiger partial charge in [-0.15, -0.1) is 11.8 Å². The molecular weight excluding hydrogens is 268 g/mol. The molecule has 0 aliphatic heterocycles. The molecule has 4 heteroatoms. The number of thioether (sulfide) groups is 1. The van der Waals surface area contributed by atoms with E-state index in [0.717, 1.165) is 11.1 Å². The summed E-state index contributed by atoms with van der Waals surface area (Å²) >= 11 is 1.71. The molecule has 0 saturated carbocycles. The third kappa shape index (κ3) is 3.62. The quantitative estimate of drug-likeness (QED) is 0.864. The van der Waals surface area contributed by atoms with Crippen molar-refractivity contribution in [3.05, 3.63) is 48.5 Å². The molecule has 100 valence electrons. The molecule has 20 heavy (non-hydrogen) atoms. The largest absolute Gasteiger partial charge is 0.325 e. The SMILES string of the molecule is CSc1ccc(-c2ccc(NC(=O)CC#N)cc2)cc1. The Labute approximate surface area is 122 Å². The van der Waals surface area contributed by atoms with Crippen LogP contribution in [0.2, 0.25) is 0 Å². The highest BCUT2D eigenvalue weighted by molar-refractivity contribution is 7.98. The zero-order valence-electron chi connectivity index (χ0n) is 11.1. The fraction of sp³-hybridized carbons (Fsp3) is 0.125. The van der Waals surface area contributed by atoms with Gasteiger partial charge < -0.3 is 5.32 Å². The van der Waals surface area contributed by atoms with E-state index >= 15 is 0 Å². The Morgan fingerprint density at radius 1 is 1.10 bits per heavy atom. The molecule has 0 aromatic heterocycles. The van der Waals surface area contributed by atoms with Gasteiger partial charge in [0.1, 0.15) is 6.42 Å². The molecule has 0 unspecified atom stereocenters. The molecule has 0 atom stereocenters. The van der Waals surface area contributed by atoms with Gasteiger partial charge in [-0.3, -0.25) is 4.79 Å². The van der Waals surface area contributed by atoms with Gasteiger partial charge in [0.05, 0.1) is 6.07 Å². The lowest BCUT2D eigenvalue weighted by molar-refractivity contribution is -0.115. The summed E-state index contributed by atoms with van der Waals surface area (Å²) < 4.78 is 0. The van der Waals surface area contributed by atoms with E-state index in [1.165, 1.54) is 4.90 Å². The predicted molar refractivity (Wildman–Crippen MR) is 82.5 cm³/mol. The van der Waals surface area contributed by atoms with E-state index in [9.17, 15) is 4.79 Å². The summed E-state index contributed by atoms with van der Waals surface area (Å²) in [6.07, 6.45) is 1.92. The first-order chi connectivity index (χ1) is 9.72. The summed E-state index contributed by atoms with van der Waals surface area (Å²) in [5.41, 5.74) is 2.93. The number of hydrogen-bond donors (Lipinski definition) is 1. The van der Waals surface area contributed by atoms with Crippen molar-refractivity contribution >= 4 is 23.4 Å². The molecule has 0 aliphatic rings. The van der Waals surface area contributed by atoms with E-state index in [2.05, 4.69) is 29.6 Å². The summed E-state index contributed by atoms with van der Waals surface area (Å²) in [6, 6.07) is 17.7. The zero-order valence-corrected chi connectivity index (χ0v) is 11.9. The summed E-state index contributed by atoms with van der Waals surface area (Å²) in [7, 11) is 0. The van der Waals surface area contributed by atoms with Crippen molar-refractivity contribution in [2.45, 2.75) is 11.3 Å². The van der Waals surface area contributed by atoms with Crippen molar-refractivity contribution in [1.82, 2.24) is 0 Å². The Kier molecular flexibility index (Phi) is 4.80. The van der Waals surface area contributed by atoms with Crippen LogP contribution in [0.15, 0.2) is 53.4 Å². The second-order valence-electron chi connectivity index (χ2n) is 4.19. The van der Waals surface area contributed by atoms with Crippen molar-refractivity contribution in [3.8, 4) is 17.2 Å². The van der Waals surface area contributed by atoms with Crippen LogP contribution >= 0.6 is 11.8 Å². The highest BCUT2D eigenvalue weighted by Gasteiger charge is 2.02. The number of nitrogens with zero attached hydrogens (tertiary/aromatic N) is 1. The average molecular weight is 282 g/mol. The Hall–Kier alpha value is -2.25. The van der Waals surface area contributed by atoms with Crippen LogP contribution in [0.3, 0.4) is 0 Å². The highest BCUT2D eigenvalue weighted by Crippen LogP contribution is 2.24. The number of carbonyl (C=O) groups excluding carboxylic acids is 1. The van der Waals surface area contributed by atoms with Crippen LogP contribution in [0, 0.1) is 11.3 Å². The third-order valence-electron chi connectivity index (χ3n) is 2.83. The number of rotatable bonds is 4. The maximum Gasteiger partial charge on any atom is 0.238 e. The monoisotopic (exact) mass is 282 g/mol. The smallest absolute Gasteiger partial charge is 0.238 e. The maximum atomic E-state index is 11.3. The fourth-order valence-electron chi connectivity index (χ4n) is 1.81. The van der Waals surface area contributed by atoms with Gasteiger partial charge in [-0.1, -0.05) is 24.3 Å². The number of carbonyl (C=O) groups is 1. The molecule has 2 rings (SSSR count). The van der Waals surface area contributed by atoms with Crippen LogP contribution in [0.5, 0.6) is 0 Å². The lowest BCUT2D eigenvalue weighted by Crippen LogP contribution is -2.09. The highest BCUT2D eigenvalue weighted by atomic mass is 32.2. The molecule has 1 amide bonds. The first-order valence-corrected chi connectivity index (χ1v) is 7.36. The molecule has 0 aliphatic carbocycles. The van der Waals surface area contributed by atoms with Gasteiger partial charge in [-0.25, -0.2) is 0 Å². The number of anilines is 1. The van der Waals surface area contributed by atoms with Crippen molar-refractivity contribution in [1.29, 1.82) is 5.26 Å². The molecule has 0 radical (unpaired) electrons. The van der Waals surface area contributed by atoms with E-state index in [4.69, 9.17) is 5.26 Å². The van der Waals surface area contributed by atoms with E-state index in [1.807, 2.05) is 36.6 Å². The molecule has 1 N–H and O–H groups in total. The molecular formula is C16H14N2OS. The lowest BCUT2D eigenvalue weighted by Gasteiger charge is -2.06. The van der Waals surface area contributed by atoms with Gasteiger partial charge in [0, 0.05) is 10.6 Å². The Balaban J connectivity index is 2.11.